The number of amides is 1. The maximum absolute atomic E-state index is 12.5. The molecule has 3 rings (SSSR count). The highest BCUT2D eigenvalue weighted by atomic mass is 16.2. The summed E-state index contributed by atoms with van der Waals surface area (Å²) in [4.78, 5) is 14.4. The van der Waals surface area contributed by atoms with E-state index < -0.39 is 0 Å². The summed E-state index contributed by atoms with van der Waals surface area (Å²) in [6, 6.07) is 8.45. The molecule has 1 aliphatic heterocycles. The minimum Gasteiger partial charge on any atom is -0.338 e. The largest absolute Gasteiger partial charge is 0.338 e. The molecule has 0 radical (unpaired) electrons. The first kappa shape index (κ1) is 12.0. The van der Waals surface area contributed by atoms with Crippen molar-refractivity contribution in [2.45, 2.75) is 19.8 Å². The van der Waals surface area contributed by atoms with Gasteiger partial charge >= 0.3 is 0 Å². The lowest BCUT2D eigenvalue weighted by Gasteiger charge is -2.19. The molecule has 0 aliphatic carbocycles. The van der Waals surface area contributed by atoms with Gasteiger partial charge in [0.15, 0.2) is 0 Å². The number of aryl methyl sites for hydroxylation is 1. The molecule has 1 aromatic carbocycles. The van der Waals surface area contributed by atoms with Crippen molar-refractivity contribution in [2.75, 3.05) is 13.1 Å². The van der Waals surface area contributed by atoms with Gasteiger partial charge in [-0.3, -0.25) is 9.89 Å². The SMILES string of the molecule is Cc1[nH]ncc1C(=O)N1CCc2ccccc2CC1. The first-order valence-corrected chi connectivity index (χ1v) is 6.62. The first-order chi connectivity index (χ1) is 9.25. The fourth-order valence-electron chi connectivity index (χ4n) is 2.61. The quantitative estimate of drug-likeness (QED) is 0.846. The molecule has 2 aromatic rings. The number of rotatable bonds is 1. The summed E-state index contributed by atoms with van der Waals surface area (Å²) in [5, 5.41) is 6.75. The Morgan fingerprint density at radius 3 is 2.37 bits per heavy atom. The Morgan fingerprint density at radius 1 is 1.21 bits per heavy atom. The average molecular weight is 255 g/mol. The molecule has 1 aliphatic rings. The summed E-state index contributed by atoms with van der Waals surface area (Å²) in [5.41, 5.74) is 4.25. The van der Waals surface area contributed by atoms with Crippen LogP contribution in [-0.4, -0.2) is 34.1 Å². The van der Waals surface area contributed by atoms with Crippen LogP contribution in [0.3, 0.4) is 0 Å². The second-order valence-corrected chi connectivity index (χ2v) is 4.97. The van der Waals surface area contributed by atoms with E-state index in [1.807, 2.05) is 11.8 Å². The van der Waals surface area contributed by atoms with Crippen molar-refractivity contribution in [1.82, 2.24) is 15.1 Å². The van der Waals surface area contributed by atoms with Crippen LogP contribution in [0.5, 0.6) is 0 Å². The highest BCUT2D eigenvalue weighted by Crippen LogP contribution is 2.17. The number of fused-ring (bicyclic) bond motifs is 1. The molecular formula is C15H17N3O. The third-order valence-corrected chi connectivity index (χ3v) is 3.77. The summed E-state index contributed by atoms with van der Waals surface area (Å²) in [5.74, 6) is 0.0825. The monoisotopic (exact) mass is 255 g/mol. The number of benzene rings is 1. The van der Waals surface area contributed by atoms with E-state index >= 15 is 0 Å². The van der Waals surface area contributed by atoms with Gasteiger partial charge in [0.05, 0.1) is 11.8 Å². The number of nitrogens with zero attached hydrogens (tertiary/aromatic N) is 2. The maximum atomic E-state index is 12.5. The van der Waals surface area contributed by atoms with Crippen molar-refractivity contribution >= 4 is 5.91 Å². The van der Waals surface area contributed by atoms with E-state index in [0.29, 0.717) is 5.56 Å². The van der Waals surface area contributed by atoms with E-state index in [1.165, 1.54) is 11.1 Å². The van der Waals surface area contributed by atoms with E-state index in [-0.39, 0.29) is 5.91 Å². The van der Waals surface area contributed by atoms with Gasteiger partial charge in [0.1, 0.15) is 0 Å². The van der Waals surface area contributed by atoms with Gasteiger partial charge in [0.2, 0.25) is 0 Å². The minimum atomic E-state index is 0.0825. The van der Waals surface area contributed by atoms with Crippen LogP contribution < -0.4 is 0 Å². The maximum Gasteiger partial charge on any atom is 0.257 e. The van der Waals surface area contributed by atoms with Crippen LogP contribution >= 0.6 is 0 Å². The summed E-state index contributed by atoms with van der Waals surface area (Å²) >= 11 is 0. The van der Waals surface area contributed by atoms with Crippen molar-refractivity contribution < 1.29 is 4.79 Å². The molecule has 0 atom stereocenters. The smallest absolute Gasteiger partial charge is 0.257 e. The number of nitrogens with one attached hydrogen (secondary N) is 1. The molecule has 4 heteroatoms. The Bertz CT molecular complexity index is 576. The number of carbonyl (C=O) groups is 1. The highest BCUT2D eigenvalue weighted by molar-refractivity contribution is 5.95. The molecule has 1 amide bonds. The summed E-state index contributed by atoms with van der Waals surface area (Å²) in [6.45, 7) is 3.44. The predicted molar refractivity (Wildman–Crippen MR) is 73.1 cm³/mol. The lowest BCUT2D eigenvalue weighted by atomic mass is 10.0. The highest BCUT2D eigenvalue weighted by Gasteiger charge is 2.21. The Kier molecular flexibility index (Phi) is 3.07. The minimum absolute atomic E-state index is 0.0825. The van der Waals surface area contributed by atoms with Crippen molar-refractivity contribution in [2.24, 2.45) is 0 Å². The van der Waals surface area contributed by atoms with Crippen LogP contribution in [0.15, 0.2) is 30.5 Å². The molecule has 98 valence electrons. The standard InChI is InChI=1S/C15H17N3O/c1-11-14(10-16-17-11)15(19)18-8-6-12-4-2-3-5-13(12)7-9-18/h2-5,10H,6-9H2,1H3,(H,16,17). The Labute approximate surface area is 112 Å². The number of hydrogen-bond acceptors (Lipinski definition) is 2. The number of carbonyl (C=O) groups excluding carboxylic acids is 1. The van der Waals surface area contributed by atoms with Crippen molar-refractivity contribution in [3.05, 3.63) is 52.8 Å². The Hall–Kier alpha value is -2.10. The fraction of sp³-hybridized carbons (Fsp3) is 0.333. The van der Waals surface area contributed by atoms with Gasteiger partial charge in [0, 0.05) is 18.8 Å². The van der Waals surface area contributed by atoms with Gasteiger partial charge in [-0.25, -0.2) is 0 Å². The van der Waals surface area contributed by atoms with E-state index in [0.717, 1.165) is 31.6 Å². The lowest BCUT2D eigenvalue weighted by Crippen LogP contribution is -2.33. The third-order valence-electron chi connectivity index (χ3n) is 3.77. The van der Waals surface area contributed by atoms with Crippen LogP contribution in [-0.2, 0) is 12.8 Å². The summed E-state index contributed by atoms with van der Waals surface area (Å²) in [7, 11) is 0. The number of aromatic amines is 1. The van der Waals surface area contributed by atoms with E-state index in [9.17, 15) is 4.79 Å². The van der Waals surface area contributed by atoms with Crippen molar-refractivity contribution in [3.8, 4) is 0 Å². The lowest BCUT2D eigenvalue weighted by molar-refractivity contribution is 0.0762. The number of H-pyrrole nitrogens is 1. The predicted octanol–water partition coefficient (Wildman–Crippen LogP) is 1.96. The summed E-state index contributed by atoms with van der Waals surface area (Å²) < 4.78 is 0. The van der Waals surface area contributed by atoms with E-state index in [4.69, 9.17) is 0 Å². The zero-order chi connectivity index (χ0) is 13.2. The van der Waals surface area contributed by atoms with Gasteiger partial charge < -0.3 is 4.90 Å². The van der Waals surface area contributed by atoms with Crippen LogP contribution in [0.25, 0.3) is 0 Å². The van der Waals surface area contributed by atoms with Gasteiger partial charge in [-0.2, -0.15) is 5.10 Å². The Balaban J connectivity index is 1.79. The van der Waals surface area contributed by atoms with Gasteiger partial charge in [-0.15, -0.1) is 0 Å². The van der Waals surface area contributed by atoms with Gasteiger partial charge in [-0.1, -0.05) is 24.3 Å². The number of aromatic nitrogens is 2. The van der Waals surface area contributed by atoms with Crippen molar-refractivity contribution in [1.29, 1.82) is 0 Å². The molecule has 2 heterocycles. The van der Waals surface area contributed by atoms with Crippen LogP contribution in [0.2, 0.25) is 0 Å². The van der Waals surface area contributed by atoms with E-state index in [1.54, 1.807) is 6.20 Å². The van der Waals surface area contributed by atoms with E-state index in [2.05, 4.69) is 34.5 Å². The van der Waals surface area contributed by atoms with Crippen molar-refractivity contribution in [3.63, 3.8) is 0 Å². The average Bonchev–Trinajstić information content (AvgIpc) is 2.74. The van der Waals surface area contributed by atoms with Crippen LogP contribution in [0.4, 0.5) is 0 Å². The number of hydrogen-bond donors (Lipinski definition) is 1. The van der Waals surface area contributed by atoms with Crippen LogP contribution in [0, 0.1) is 6.92 Å². The second kappa shape index (κ2) is 4.88. The van der Waals surface area contributed by atoms with Gasteiger partial charge in [0.25, 0.3) is 5.91 Å². The van der Waals surface area contributed by atoms with Crippen LogP contribution in [0.1, 0.15) is 27.2 Å². The molecule has 0 fully saturated rings. The summed E-state index contributed by atoms with van der Waals surface area (Å²) in [6.07, 6.45) is 3.48. The normalized spacial score (nSPS) is 14.9. The molecule has 19 heavy (non-hydrogen) atoms. The Morgan fingerprint density at radius 2 is 1.84 bits per heavy atom. The molecule has 0 saturated carbocycles. The first-order valence-electron chi connectivity index (χ1n) is 6.62. The molecule has 0 unspecified atom stereocenters. The zero-order valence-electron chi connectivity index (χ0n) is 11.0. The molecular weight excluding hydrogens is 238 g/mol. The fourth-order valence-corrected chi connectivity index (χ4v) is 2.61. The second-order valence-electron chi connectivity index (χ2n) is 4.97. The topological polar surface area (TPSA) is 49.0 Å². The molecule has 0 spiro atoms. The molecule has 1 aromatic heterocycles. The third kappa shape index (κ3) is 2.26. The molecule has 0 saturated heterocycles. The molecule has 0 bridgehead atoms. The zero-order valence-corrected chi connectivity index (χ0v) is 11.0. The molecule has 1 N–H and O–H groups in total. The molecule has 4 nitrogen and oxygen atoms in total. The van der Waals surface area contributed by atoms with Gasteiger partial charge in [-0.05, 0) is 30.9 Å².